The fourth-order valence-electron chi connectivity index (χ4n) is 4.81. The third kappa shape index (κ3) is 8.57. The summed E-state index contributed by atoms with van der Waals surface area (Å²) in [7, 11) is 0. The van der Waals surface area contributed by atoms with Crippen LogP contribution in [0.2, 0.25) is 0 Å². The van der Waals surface area contributed by atoms with E-state index in [4.69, 9.17) is 4.74 Å². The first-order chi connectivity index (χ1) is 16.0. The van der Waals surface area contributed by atoms with E-state index in [2.05, 4.69) is 6.92 Å². The Morgan fingerprint density at radius 1 is 0.818 bits per heavy atom. The van der Waals surface area contributed by atoms with E-state index in [1.807, 2.05) is 24.3 Å². The van der Waals surface area contributed by atoms with Crippen LogP contribution >= 0.6 is 0 Å². The van der Waals surface area contributed by atoms with Crippen molar-refractivity contribution in [3.8, 4) is 5.75 Å². The van der Waals surface area contributed by atoms with E-state index in [1.54, 1.807) is 6.07 Å². The molecule has 4 heteroatoms. The third-order valence-corrected chi connectivity index (χ3v) is 6.97. The average Bonchev–Trinajstić information content (AvgIpc) is 2.83. The molecule has 0 spiro atoms. The maximum Gasteiger partial charge on any atom is 0.314 e. The summed E-state index contributed by atoms with van der Waals surface area (Å²) in [5, 5.41) is 0. The first-order valence-electron chi connectivity index (χ1n) is 12.8. The van der Waals surface area contributed by atoms with E-state index in [9.17, 15) is 13.6 Å². The van der Waals surface area contributed by atoms with Crippen LogP contribution in [-0.4, -0.2) is 5.97 Å². The Bertz CT molecular complexity index is 854. The van der Waals surface area contributed by atoms with Crippen LogP contribution in [0.4, 0.5) is 8.78 Å². The molecule has 0 N–H and O–H groups in total. The van der Waals surface area contributed by atoms with Gasteiger partial charge in [-0.15, -0.1) is 0 Å². The van der Waals surface area contributed by atoms with Gasteiger partial charge in [0.25, 0.3) is 0 Å². The molecule has 0 aliphatic heterocycles. The van der Waals surface area contributed by atoms with Gasteiger partial charge in [0.15, 0.2) is 11.6 Å². The number of carbonyl (C=O) groups is 1. The largest absolute Gasteiger partial charge is 0.426 e. The Morgan fingerprint density at radius 3 is 2.15 bits per heavy atom. The second-order valence-corrected chi connectivity index (χ2v) is 9.59. The number of hydrogen-bond donors (Lipinski definition) is 0. The van der Waals surface area contributed by atoms with Crippen LogP contribution in [-0.2, 0) is 17.6 Å². The van der Waals surface area contributed by atoms with Gasteiger partial charge >= 0.3 is 5.97 Å². The molecule has 0 saturated heterocycles. The number of aryl methyl sites for hydroxylation is 2. The fraction of sp³-hybridized carbons (Fsp3) is 0.552. The van der Waals surface area contributed by atoms with Crippen molar-refractivity contribution in [1.82, 2.24) is 0 Å². The van der Waals surface area contributed by atoms with Gasteiger partial charge in [-0.2, -0.15) is 0 Å². The molecule has 0 atom stereocenters. The maximum atomic E-state index is 13.3. The van der Waals surface area contributed by atoms with Gasteiger partial charge in [-0.1, -0.05) is 70.1 Å². The zero-order valence-electron chi connectivity index (χ0n) is 20.0. The van der Waals surface area contributed by atoms with Crippen molar-refractivity contribution in [2.45, 2.75) is 90.4 Å². The van der Waals surface area contributed by atoms with E-state index in [1.165, 1.54) is 51.0 Å². The normalized spacial score (nSPS) is 18.3. The van der Waals surface area contributed by atoms with Crippen molar-refractivity contribution in [2.75, 3.05) is 0 Å². The molecule has 0 unspecified atom stereocenters. The molecule has 0 amide bonds. The number of rotatable bonds is 12. The van der Waals surface area contributed by atoms with E-state index >= 15 is 0 Å². The molecule has 2 aromatic rings. The average molecular weight is 457 g/mol. The molecule has 0 bridgehead atoms. The molecule has 2 nitrogen and oxygen atoms in total. The van der Waals surface area contributed by atoms with Crippen molar-refractivity contribution in [2.24, 2.45) is 11.8 Å². The molecule has 1 saturated carbocycles. The van der Waals surface area contributed by atoms with Crippen molar-refractivity contribution in [1.29, 1.82) is 0 Å². The second kappa shape index (κ2) is 13.5. The zero-order valence-corrected chi connectivity index (χ0v) is 20.0. The molecule has 0 radical (unpaired) electrons. The Hall–Kier alpha value is -2.23. The topological polar surface area (TPSA) is 26.3 Å². The molecule has 180 valence electrons. The van der Waals surface area contributed by atoms with Gasteiger partial charge < -0.3 is 4.74 Å². The van der Waals surface area contributed by atoms with Crippen LogP contribution in [0.1, 0.15) is 88.7 Å². The molecule has 33 heavy (non-hydrogen) atoms. The van der Waals surface area contributed by atoms with Crippen molar-refractivity contribution in [3.63, 3.8) is 0 Å². The Morgan fingerprint density at radius 2 is 1.45 bits per heavy atom. The highest BCUT2D eigenvalue weighted by atomic mass is 19.2. The van der Waals surface area contributed by atoms with E-state index in [0.717, 1.165) is 48.8 Å². The van der Waals surface area contributed by atoms with E-state index in [-0.39, 0.29) is 11.9 Å². The van der Waals surface area contributed by atoms with Crippen LogP contribution in [0.5, 0.6) is 5.75 Å². The molecule has 1 fully saturated rings. The van der Waals surface area contributed by atoms with Crippen LogP contribution in [0.3, 0.4) is 0 Å². The predicted molar refractivity (Wildman–Crippen MR) is 129 cm³/mol. The van der Waals surface area contributed by atoms with Crippen molar-refractivity contribution >= 4 is 5.97 Å². The van der Waals surface area contributed by atoms with Crippen LogP contribution in [0.25, 0.3) is 0 Å². The number of benzene rings is 2. The lowest BCUT2D eigenvalue weighted by atomic mass is 9.80. The lowest BCUT2D eigenvalue weighted by Crippen LogP contribution is -2.25. The van der Waals surface area contributed by atoms with Gasteiger partial charge in [0, 0.05) is 0 Å². The number of halogens is 2. The first kappa shape index (κ1) is 25.4. The number of esters is 1. The quantitative estimate of drug-likeness (QED) is 0.183. The molecule has 1 aliphatic carbocycles. The number of unbranched alkanes of at least 4 members (excludes halogenated alkanes) is 5. The van der Waals surface area contributed by atoms with Crippen molar-refractivity contribution in [3.05, 3.63) is 65.2 Å². The lowest BCUT2D eigenvalue weighted by molar-refractivity contribution is -0.140. The van der Waals surface area contributed by atoms with Crippen LogP contribution in [0.15, 0.2) is 42.5 Å². The summed E-state index contributed by atoms with van der Waals surface area (Å²) in [5.74, 6) is -0.385. The van der Waals surface area contributed by atoms with Gasteiger partial charge in [-0.3, -0.25) is 4.79 Å². The third-order valence-electron chi connectivity index (χ3n) is 6.97. The Kier molecular flexibility index (Phi) is 10.4. The summed E-state index contributed by atoms with van der Waals surface area (Å²) in [6.07, 6.45) is 14.8. The summed E-state index contributed by atoms with van der Waals surface area (Å²) in [6.45, 7) is 2.25. The van der Waals surface area contributed by atoms with Gasteiger partial charge in [-0.05, 0) is 79.8 Å². The summed E-state index contributed by atoms with van der Waals surface area (Å²) in [6, 6.07) is 11.5. The molecule has 2 aromatic carbocycles. The number of ether oxygens (including phenoxy) is 1. The van der Waals surface area contributed by atoms with Gasteiger partial charge in [0.2, 0.25) is 0 Å². The molecular formula is C29H38F2O2. The monoisotopic (exact) mass is 456 g/mol. The summed E-state index contributed by atoms with van der Waals surface area (Å²) >= 11 is 0. The minimum Gasteiger partial charge on any atom is -0.426 e. The van der Waals surface area contributed by atoms with Crippen molar-refractivity contribution < 1.29 is 18.3 Å². The lowest BCUT2D eigenvalue weighted by Gasteiger charge is -2.27. The highest BCUT2D eigenvalue weighted by Gasteiger charge is 2.27. The minimum atomic E-state index is -0.823. The minimum absolute atomic E-state index is 0.0128. The van der Waals surface area contributed by atoms with Crippen LogP contribution < -0.4 is 4.74 Å². The highest BCUT2D eigenvalue weighted by molar-refractivity contribution is 5.75. The number of carbonyl (C=O) groups excluding carboxylic acids is 1. The van der Waals surface area contributed by atoms with Crippen LogP contribution in [0, 0.1) is 23.5 Å². The zero-order chi connectivity index (χ0) is 23.5. The molecular weight excluding hydrogens is 418 g/mol. The fourth-order valence-corrected chi connectivity index (χ4v) is 4.81. The molecule has 0 aromatic heterocycles. The van der Waals surface area contributed by atoms with Gasteiger partial charge in [0.1, 0.15) is 5.75 Å². The smallest absolute Gasteiger partial charge is 0.314 e. The Labute approximate surface area is 197 Å². The molecule has 3 rings (SSSR count). The standard InChI is InChI=1S/C29H38F2O2/c1-2-3-4-5-6-7-8-22-11-16-25(17-12-22)29(32)33-26-18-13-23(14-19-26)9-10-24-15-20-27(30)28(31)21-24/h13-15,18-22,25H,2-12,16-17H2,1H3/t22-,25-. The highest BCUT2D eigenvalue weighted by Crippen LogP contribution is 2.33. The number of hydrogen-bond acceptors (Lipinski definition) is 2. The van der Waals surface area contributed by atoms with E-state index in [0.29, 0.717) is 18.6 Å². The maximum absolute atomic E-state index is 13.3. The summed E-state index contributed by atoms with van der Waals surface area (Å²) < 4.78 is 32.0. The van der Waals surface area contributed by atoms with Gasteiger partial charge in [0.05, 0.1) is 5.92 Å². The molecule has 1 aliphatic rings. The molecule has 0 heterocycles. The SMILES string of the molecule is CCCCCCCC[C@H]1CC[C@H](C(=O)Oc2ccc(CCc3ccc(F)c(F)c3)cc2)CC1. The first-order valence-corrected chi connectivity index (χ1v) is 12.8. The summed E-state index contributed by atoms with van der Waals surface area (Å²) in [4.78, 5) is 12.6. The van der Waals surface area contributed by atoms with E-state index < -0.39 is 11.6 Å². The second-order valence-electron chi connectivity index (χ2n) is 9.59. The summed E-state index contributed by atoms with van der Waals surface area (Å²) in [5.41, 5.74) is 1.83. The van der Waals surface area contributed by atoms with Gasteiger partial charge in [-0.25, -0.2) is 8.78 Å². The Balaban J connectivity index is 1.35. The predicted octanol–water partition coefficient (Wildman–Crippen LogP) is 8.21.